The van der Waals surface area contributed by atoms with E-state index in [1.165, 1.54) is 0 Å². The SMILES string of the molecule is CCOC(=O)C1CCN(C(=O)COC(=O)c2cc(-c3ccc(Br)cc3)nc3ccccc23)CC1. The Bertz CT molecular complexity index is 1200. The van der Waals surface area contributed by atoms with Gasteiger partial charge in [0, 0.05) is 28.5 Å². The molecule has 0 bridgehead atoms. The van der Waals surface area contributed by atoms with E-state index < -0.39 is 5.97 Å². The molecule has 2 heterocycles. The number of hydrogen-bond acceptors (Lipinski definition) is 6. The second-order valence-electron chi connectivity index (χ2n) is 8.06. The number of carbonyl (C=O) groups excluding carboxylic acids is 3. The molecule has 0 saturated carbocycles. The highest BCUT2D eigenvalue weighted by Gasteiger charge is 2.28. The second kappa shape index (κ2) is 10.8. The fraction of sp³-hybridized carbons (Fsp3) is 0.308. The first-order valence-electron chi connectivity index (χ1n) is 11.2. The van der Waals surface area contributed by atoms with Crippen LogP contribution in [0.2, 0.25) is 0 Å². The Morgan fingerprint density at radius 1 is 1.03 bits per heavy atom. The van der Waals surface area contributed by atoms with Crippen LogP contribution in [0.3, 0.4) is 0 Å². The van der Waals surface area contributed by atoms with Gasteiger partial charge in [0.2, 0.25) is 0 Å². The number of aromatic nitrogens is 1. The van der Waals surface area contributed by atoms with Crippen LogP contribution in [0.25, 0.3) is 22.2 Å². The molecule has 7 nitrogen and oxygen atoms in total. The molecule has 1 aliphatic rings. The van der Waals surface area contributed by atoms with E-state index >= 15 is 0 Å². The van der Waals surface area contributed by atoms with E-state index in [-0.39, 0.29) is 24.4 Å². The molecule has 0 N–H and O–H groups in total. The Morgan fingerprint density at radius 3 is 2.44 bits per heavy atom. The number of benzene rings is 2. The molecule has 0 spiro atoms. The van der Waals surface area contributed by atoms with E-state index in [1.807, 2.05) is 48.5 Å². The zero-order chi connectivity index (χ0) is 24.1. The van der Waals surface area contributed by atoms with E-state index in [9.17, 15) is 14.4 Å². The van der Waals surface area contributed by atoms with Gasteiger partial charge in [-0.15, -0.1) is 0 Å². The lowest BCUT2D eigenvalue weighted by atomic mass is 9.97. The largest absolute Gasteiger partial charge is 0.466 e. The van der Waals surface area contributed by atoms with Gasteiger partial charge in [-0.05, 0) is 44.0 Å². The summed E-state index contributed by atoms with van der Waals surface area (Å²) in [5.74, 6) is -1.26. The zero-order valence-corrected chi connectivity index (χ0v) is 20.4. The Labute approximate surface area is 206 Å². The lowest BCUT2D eigenvalue weighted by Gasteiger charge is -2.30. The van der Waals surface area contributed by atoms with Crippen LogP contribution in [0.4, 0.5) is 0 Å². The summed E-state index contributed by atoms with van der Waals surface area (Å²) in [6, 6.07) is 16.7. The molecule has 8 heteroatoms. The summed E-state index contributed by atoms with van der Waals surface area (Å²) in [6.45, 7) is 2.64. The van der Waals surface area contributed by atoms with E-state index in [4.69, 9.17) is 9.47 Å². The van der Waals surface area contributed by atoms with Crippen LogP contribution < -0.4 is 0 Å². The monoisotopic (exact) mass is 524 g/mol. The number of para-hydroxylation sites is 1. The fourth-order valence-corrected chi connectivity index (χ4v) is 4.30. The molecule has 1 aromatic heterocycles. The normalized spacial score (nSPS) is 14.1. The van der Waals surface area contributed by atoms with Crippen molar-refractivity contribution >= 4 is 44.7 Å². The van der Waals surface area contributed by atoms with E-state index in [0.717, 1.165) is 10.0 Å². The number of amides is 1. The van der Waals surface area contributed by atoms with Crippen molar-refractivity contribution in [2.24, 2.45) is 5.92 Å². The molecule has 1 aliphatic heterocycles. The van der Waals surface area contributed by atoms with Crippen molar-refractivity contribution in [1.29, 1.82) is 0 Å². The van der Waals surface area contributed by atoms with E-state index in [2.05, 4.69) is 20.9 Å². The number of nitrogens with zero attached hydrogens (tertiary/aromatic N) is 2. The summed E-state index contributed by atoms with van der Waals surface area (Å²) in [5, 5.41) is 0.663. The van der Waals surface area contributed by atoms with Gasteiger partial charge in [-0.3, -0.25) is 9.59 Å². The molecule has 0 aliphatic carbocycles. The lowest BCUT2D eigenvalue weighted by Crippen LogP contribution is -2.42. The van der Waals surface area contributed by atoms with Gasteiger partial charge >= 0.3 is 11.9 Å². The highest BCUT2D eigenvalue weighted by molar-refractivity contribution is 9.10. The van der Waals surface area contributed by atoms with Crippen molar-refractivity contribution in [3.63, 3.8) is 0 Å². The summed E-state index contributed by atoms with van der Waals surface area (Å²) < 4.78 is 11.4. The van der Waals surface area contributed by atoms with Crippen molar-refractivity contribution in [3.05, 3.63) is 64.6 Å². The molecular weight excluding hydrogens is 500 g/mol. The average Bonchev–Trinajstić information content (AvgIpc) is 2.87. The lowest BCUT2D eigenvalue weighted by molar-refractivity contribution is -0.151. The zero-order valence-electron chi connectivity index (χ0n) is 18.8. The molecular formula is C26H25BrN2O5. The number of fused-ring (bicyclic) bond motifs is 1. The topological polar surface area (TPSA) is 85.8 Å². The van der Waals surface area contributed by atoms with Gasteiger partial charge in [-0.25, -0.2) is 9.78 Å². The van der Waals surface area contributed by atoms with Gasteiger partial charge in [0.25, 0.3) is 5.91 Å². The molecule has 176 valence electrons. The number of likely N-dealkylation sites (tertiary alicyclic amines) is 1. The van der Waals surface area contributed by atoms with Gasteiger partial charge in [0.15, 0.2) is 6.61 Å². The van der Waals surface area contributed by atoms with Crippen molar-refractivity contribution < 1.29 is 23.9 Å². The van der Waals surface area contributed by atoms with Crippen molar-refractivity contribution in [1.82, 2.24) is 9.88 Å². The average molecular weight is 525 g/mol. The predicted octanol–water partition coefficient (Wildman–Crippen LogP) is 4.62. The van der Waals surface area contributed by atoms with Crippen LogP contribution in [-0.2, 0) is 19.1 Å². The first kappa shape index (κ1) is 23.9. The summed E-state index contributed by atoms with van der Waals surface area (Å²) >= 11 is 3.43. The number of carbonyl (C=O) groups is 3. The van der Waals surface area contributed by atoms with Gasteiger partial charge in [-0.1, -0.05) is 46.3 Å². The highest BCUT2D eigenvalue weighted by atomic mass is 79.9. The van der Waals surface area contributed by atoms with Crippen molar-refractivity contribution in [2.45, 2.75) is 19.8 Å². The predicted molar refractivity (Wildman–Crippen MR) is 131 cm³/mol. The van der Waals surface area contributed by atoms with Gasteiger partial charge in [0.05, 0.1) is 29.3 Å². The third kappa shape index (κ3) is 5.44. The van der Waals surface area contributed by atoms with Gasteiger partial charge in [-0.2, -0.15) is 0 Å². The molecule has 1 saturated heterocycles. The number of rotatable bonds is 6. The Hall–Kier alpha value is -3.26. The molecule has 1 amide bonds. The third-order valence-electron chi connectivity index (χ3n) is 5.87. The maximum Gasteiger partial charge on any atom is 0.339 e. The number of esters is 2. The van der Waals surface area contributed by atoms with Crippen LogP contribution in [0.15, 0.2) is 59.1 Å². The smallest absolute Gasteiger partial charge is 0.339 e. The molecule has 34 heavy (non-hydrogen) atoms. The molecule has 4 rings (SSSR count). The van der Waals surface area contributed by atoms with Crippen molar-refractivity contribution in [3.8, 4) is 11.3 Å². The number of pyridine rings is 1. The Kier molecular flexibility index (Phi) is 7.57. The fourth-order valence-electron chi connectivity index (χ4n) is 4.03. The first-order valence-corrected chi connectivity index (χ1v) is 12.0. The third-order valence-corrected chi connectivity index (χ3v) is 6.40. The summed E-state index contributed by atoms with van der Waals surface area (Å²) in [4.78, 5) is 43.9. The van der Waals surface area contributed by atoms with Crippen LogP contribution in [0.1, 0.15) is 30.1 Å². The summed E-state index contributed by atoms with van der Waals surface area (Å²) in [6.07, 6.45) is 1.09. The van der Waals surface area contributed by atoms with Crippen LogP contribution in [-0.4, -0.2) is 54.0 Å². The minimum absolute atomic E-state index is 0.188. The minimum Gasteiger partial charge on any atom is -0.466 e. The maximum atomic E-state index is 13.0. The Morgan fingerprint density at radius 2 is 1.74 bits per heavy atom. The van der Waals surface area contributed by atoms with E-state index in [0.29, 0.717) is 54.7 Å². The van der Waals surface area contributed by atoms with Crippen LogP contribution >= 0.6 is 15.9 Å². The summed E-state index contributed by atoms with van der Waals surface area (Å²) in [5.41, 5.74) is 2.54. The summed E-state index contributed by atoms with van der Waals surface area (Å²) in [7, 11) is 0. The quantitative estimate of drug-likeness (QED) is 0.437. The van der Waals surface area contributed by atoms with E-state index in [1.54, 1.807) is 17.9 Å². The minimum atomic E-state index is -0.577. The van der Waals surface area contributed by atoms with Crippen LogP contribution in [0, 0.1) is 5.92 Å². The standard InChI is InChI=1S/C26H25BrN2O5/c1-2-33-25(31)18-11-13-29(14-12-18)24(30)16-34-26(32)21-15-23(17-7-9-19(27)10-8-17)28-22-6-4-3-5-20(21)22/h3-10,15,18H,2,11-14,16H2,1H3. The first-order chi connectivity index (χ1) is 16.5. The molecule has 0 radical (unpaired) electrons. The molecule has 3 aromatic rings. The maximum absolute atomic E-state index is 13.0. The number of hydrogen-bond donors (Lipinski definition) is 0. The van der Waals surface area contributed by atoms with Gasteiger partial charge in [0.1, 0.15) is 0 Å². The molecule has 2 aromatic carbocycles. The highest BCUT2D eigenvalue weighted by Crippen LogP contribution is 2.27. The Balaban J connectivity index is 1.45. The molecule has 1 fully saturated rings. The molecule has 0 atom stereocenters. The number of halogens is 1. The number of ether oxygens (including phenoxy) is 2. The number of piperidine rings is 1. The van der Waals surface area contributed by atoms with Gasteiger partial charge < -0.3 is 14.4 Å². The van der Waals surface area contributed by atoms with Crippen molar-refractivity contribution in [2.75, 3.05) is 26.3 Å². The second-order valence-corrected chi connectivity index (χ2v) is 8.98. The van der Waals surface area contributed by atoms with Crippen LogP contribution in [0.5, 0.6) is 0 Å². The molecule has 0 unspecified atom stereocenters.